The van der Waals surface area contributed by atoms with Crippen LogP contribution < -0.4 is 0 Å². The summed E-state index contributed by atoms with van der Waals surface area (Å²) in [4.78, 5) is 10.4. The van der Waals surface area contributed by atoms with Crippen molar-refractivity contribution in [3.05, 3.63) is 7.11 Å². The first-order valence-corrected chi connectivity index (χ1v) is 3.04. The third kappa shape index (κ3) is 5.41. The van der Waals surface area contributed by atoms with Gasteiger partial charge in [-0.2, -0.15) is 0 Å². The first kappa shape index (κ1) is 9.27. The van der Waals surface area contributed by atoms with Crippen molar-refractivity contribution in [1.29, 1.82) is 0 Å². The van der Waals surface area contributed by atoms with Crippen LogP contribution in [0.1, 0.15) is 20.8 Å². The van der Waals surface area contributed by atoms with Gasteiger partial charge in [-0.05, 0) is 5.41 Å². The van der Waals surface area contributed by atoms with E-state index in [1.54, 1.807) is 0 Å². The zero-order valence-electron chi connectivity index (χ0n) is 6.64. The van der Waals surface area contributed by atoms with Gasteiger partial charge in [0.2, 0.25) is 0 Å². The van der Waals surface area contributed by atoms with Crippen LogP contribution in [-0.2, 0) is 9.47 Å². The monoisotopic (exact) mass is 145 g/mol. The van der Waals surface area contributed by atoms with Gasteiger partial charge in [-0.3, -0.25) is 0 Å². The van der Waals surface area contributed by atoms with Crippen LogP contribution in [0.25, 0.3) is 0 Å². The maximum absolute atomic E-state index is 10.4. The molecule has 0 aromatic carbocycles. The average Bonchev–Trinajstić information content (AvgIpc) is 1.81. The summed E-state index contributed by atoms with van der Waals surface area (Å²) in [6.45, 7) is 6.23. The van der Waals surface area contributed by atoms with Crippen molar-refractivity contribution in [1.82, 2.24) is 0 Å². The first-order valence-electron chi connectivity index (χ1n) is 3.04. The molecule has 10 heavy (non-hydrogen) atoms. The molecule has 0 aromatic heterocycles. The molecule has 0 N–H and O–H groups in total. The Morgan fingerprint density at radius 3 is 2.30 bits per heavy atom. The normalized spacial score (nSPS) is 10.8. The van der Waals surface area contributed by atoms with E-state index in [9.17, 15) is 4.79 Å². The fourth-order valence-electron chi connectivity index (χ4n) is 0.317. The Labute approximate surface area is 61.3 Å². The lowest BCUT2D eigenvalue weighted by Gasteiger charge is -2.16. The maximum Gasteiger partial charge on any atom is 0.508 e. The number of rotatable bonds is 1. The van der Waals surface area contributed by atoms with Crippen molar-refractivity contribution >= 4 is 6.16 Å². The highest BCUT2D eigenvalue weighted by atomic mass is 16.7. The number of carbonyl (C=O) groups is 1. The molecule has 0 spiro atoms. The van der Waals surface area contributed by atoms with Crippen LogP contribution in [0.2, 0.25) is 0 Å². The van der Waals surface area contributed by atoms with E-state index in [1.165, 1.54) is 0 Å². The lowest BCUT2D eigenvalue weighted by Crippen LogP contribution is -2.17. The van der Waals surface area contributed by atoms with E-state index in [0.29, 0.717) is 6.61 Å². The average molecular weight is 145 g/mol. The van der Waals surface area contributed by atoms with Gasteiger partial charge in [0, 0.05) is 0 Å². The predicted octanol–water partition coefficient (Wildman–Crippen LogP) is 1.98. The van der Waals surface area contributed by atoms with E-state index in [-0.39, 0.29) is 5.41 Å². The Bertz CT molecular complexity index is 113. The molecule has 0 unspecified atom stereocenters. The predicted molar refractivity (Wildman–Crippen MR) is 37.2 cm³/mol. The minimum atomic E-state index is -0.727. The highest BCUT2D eigenvalue weighted by molar-refractivity contribution is 5.59. The summed E-state index contributed by atoms with van der Waals surface area (Å²) in [5.41, 5.74) is -0.0197. The summed E-state index contributed by atoms with van der Waals surface area (Å²) < 4.78 is 8.67. The summed E-state index contributed by atoms with van der Waals surface area (Å²) in [7, 11) is 2.91. The van der Waals surface area contributed by atoms with E-state index >= 15 is 0 Å². The summed E-state index contributed by atoms with van der Waals surface area (Å²) in [6.07, 6.45) is -0.727. The number of hydrogen-bond donors (Lipinski definition) is 0. The van der Waals surface area contributed by atoms with Crippen LogP contribution in [0, 0.1) is 12.5 Å². The van der Waals surface area contributed by atoms with Gasteiger partial charge in [0.15, 0.2) is 0 Å². The van der Waals surface area contributed by atoms with Crippen LogP contribution in [0.3, 0.4) is 0 Å². The molecule has 0 amide bonds. The van der Waals surface area contributed by atoms with Gasteiger partial charge >= 0.3 is 6.16 Å². The molecule has 0 aliphatic heterocycles. The topological polar surface area (TPSA) is 35.5 Å². The van der Waals surface area contributed by atoms with Crippen molar-refractivity contribution in [2.45, 2.75) is 20.8 Å². The van der Waals surface area contributed by atoms with E-state index in [4.69, 9.17) is 0 Å². The molecule has 0 aliphatic carbocycles. The van der Waals surface area contributed by atoms with Crippen molar-refractivity contribution in [3.63, 3.8) is 0 Å². The quantitative estimate of drug-likeness (QED) is 0.529. The lowest BCUT2D eigenvalue weighted by molar-refractivity contribution is 0.0554. The first-order chi connectivity index (χ1) is 4.45. The van der Waals surface area contributed by atoms with Crippen LogP contribution in [0.5, 0.6) is 0 Å². The van der Waals surface area contributed by atoms with Gasteiger partial charge in [0.1, 0.15) is 7.11 Å². The molecule has 0 saturated carbocycles. The summed E-state index contributed by atoms with van der Waals surface area (Å²) >= 11 is 0. The number of carbonyl (C=O) groups excluding carboxylic acids is 1. The molecule has 3 nitrogen and oxygen atoms in total. The Balaban J connectivity index is 3.46. The van der Waals surface area contributed by atoms with E-state index < -0.39 is 6.16 Å². The molecule has 0 saturated heterocycles. The molecule has 0 atom stereocenters. The van der Waals surface area contributed by atoms with Gasteiger partial charge in [0.05, 0.1) is 6.61 Å². The fourth-order valence-corrected chi connectivity index (χ4v) is 0.317. The third-order valence-corrected chi connectivity index (χ3v) is 0.741. The van der Waals surface area contributed by atoms with Crippen LogP contribution in [0.15, 0.2) is 0 Å². The zero-order valence-corrected chi connectivity index (χ0v) is 6.64. The largest absolute Gasteiger partial charge is 0.508 e. The maximum atomic E-state index is 10.4. The molecular weight excluding hydrogens is 132 g/mol. The van der Waals surface area contributed by atoms with Crippen LogP contribution in [0.4, 0.5) is 4.79 Å². The van der Waals surface area contributed by atoms with Crippen molar-refractivity contribution in [2.24, 2.45) is 5.41 Å². The summed E-state index contributed by atoms with van der Waals surface area (Å²) in [5, 5.41) is 0. The Morgan fingerprint density at radius 1 is 1.50 bits per heavy atom. The highest BCUT2D eigenvalue weighted by Gasteiger charge is 2.13. The second-order valence-corrected chi connectivity index (χ2v) is 3.24. The minimum absolute atomic E-state index is 0.0197. The third-order valence-electron chi connectivity index (χ3n) is 0.741. The Morgan fingerprint density at radius 2 is 2.00 bits per heavy atom. The Kier molecular flexibility index (Phi) is 3.19. The van der Waals surface area contributed by atoms with Crippen LogP contribution >= 0.6 is 0 Å². The minimum Gasteiger partial charge on any atom is -0.434 e. The second-order valence-electron chi connectivity index (χ2n) is 3.24. The summed E-state index contributed by atoms with van der Waals surface area (Å²) in [6, 6.07) is 0. The molecule has 1 radical (unpaired) electrons. The van der Waals surface area contributed by atoms with E-state index in [2.05, 4.69) is 16.6 Å². The lowest BCUT2D eigenvalue weighted by atomic mass is 9.99. The number of ether oxygens (including phenoxy) is 2. The van der Waals surface area contributed by atoms with Crippen molar-refractivity contribution in [2.75, 3.05) is 6.61 Å². The SMILES string of the molecule is [CH2]OC(=O)OCC(C)(C)C. The Hall–Kier alpha value is -0.730. The standard InChI is InChI=1S/C7H13O3/c1-7(2,3)5-10-6(8)9-4/h4-5H2,1-3H3. The highest BCUT2D eigenvalue weighted by Crippen LogP contribution is 2.12. The van der Waals surface area contributed by atoms with E-state index in [0.717, 1.165) is 0 Å². The number of hydrogen-bond acceptors (Lipinski definition) is 3. The molecule has 0 fully saturated rings. The smallest absolute Gasteiger partial charge is 0.434 e. The molecule has 0 aliphatic rings. The second kappa shape index (κ2) is 3.44. The molecular formula is C7H13O3. The summed E-state index contributed by atoms with van der Waals surface area (Å²) in [5.74, 6) is 0. The molecule has 0 bridgehead atoms. The zero-order chi connectivity index (χ0) is 8.20. The molecule has 3 heteroatoms. The van der Waals surface area contributed by atoms with Gasteiger partial charge in [-0.25, -0.2) is 4.79 Å². The van der Waals surface area contributed by atoms with Gasteiger partial charge in [0.25, 0.3) is 0 Å². The van der Waals surface area contributed by atoms with Crippen molar-refractivity contribution < 1.29 is 14.3 Å². The van der Waals surface area contributed by atoms with Crippen molar-refractivity contribution in [3.8, 4) is 0 Å². The van der Waals surface area contributed by atoms with E-state index in [1.807, 2.05) is 20.8 Å². The van der Waals surface area contributed by atoms with Gasteiger partial charge in [-0.1, -0.05) is 20.8 Å². The van der Waals surface area contributed by atoms with Gasteiger partial charge in [-0.15, -0.1) is 0 Å². The molecule has 59 valence electrons. The van der Waals surface area contributed by atoms with Gasteiger partial charge < -0.3 is 9.47 Å². The molecule has 0 heterocycles. The fraction of sp³-hybridized carbons (Fsp3) is 0.714. The molecule has 0 aromatic rings. The van der Waals surface area contributed by atoms with Crippen LogP contribution in [-0.4, -0.2) is 12.8 Å². The molecule has 0 rings (SSSR count).